The van der Waals surface area contributed by atoms with Gasteiger partial charge in [-0.2, -0.15) is 0 Å². The minimum atomic E-state index is -0.374. The van der Waals surface area contributed by atoms with Gasteiger partial charge in [0, 0.05) is 5.69 Å². The maximum Gasteiger partial charge on any atom is 0.149 e. The summed E-state index contributed by atoms with van der Waals surface area (Å²) < 4.78 is 18.9. The average molecular weight is 254 g/mol. The van der Waals surface area contributed by atoms with E-state index in [9.17, 15) is 4.39 Å². The number of hydrogen-bond acceptors (Lipinski definition) is 2. The SMILES string of the molecule is CCCc1cc(Cl)c2c(OC)ccc(F)c2n1. The van der Waals surface area contributed by atoms with Crippen LogP contribution in [0.1, 0.15) is 19.0 Å². The van der Waals surface area contributed by atoms with Crippen molar-refractivity contribution < 1.29 is 9.13 Å². The van der Waals surface area contributed by atoms with Crippen LogP contribution in [0.25, 0.3) is 10.9 Å². The monoisotopic (exact) mass is 253 g/mol. The van der Waals surface area contributed by atoms with Crippen LogP contribution in [0.4, 0.5) is 4.39 Å². The van der Waals surface area contributed by atoms with Gasteiger partial charge in [0.25, 0.3) is 0 Å². The Kier molecular flexibility index (Phi) is 3.48. The number of nitrogens with zero attached hydrogens (tertiary/aromatic N) is 1. The molecule has 1 aromatic heterocycles. The lowest BCUT2D eigenvalue weighted by Crippen LogP contribution is -1.95. The number of benzene rings is 1. The van der Waals surface area contributed by atoms with Gasteiger partial charge in [0.05, 0.1) is 17.5 Å². The van der Waals surface area contributed by atoms with E-state index in [1.54, 1.807) is 12.1 Å². The number of aryl methyl sites for hydroxylation is 1. The van der Waals surface area contributed by atoms with Crippen LogP contribution in [-0.2, 0) is 6.42 Å². The largest absolute Gasteiger partial charge is 0.496 e. The van der Waals surface area contributed by atoms with Gasteiger partial charge in [-0.1, -0.05) is 24.9 Å². The molecule has 90 valence electrons. The van der Waals surface area contributed by atoms with Crippen LogP contribution in [0.2, 0.25) is 5.02 Å². The molecule has 2 rings (SSSR count). The van der Waals surface area contributed by atoms with E-state index in [1.165, 1.54) is 13.2 Å². The van der Waals surface area contributed by atoms with E-state index in [1.807, 2.05) is 6.92 Å². The highest BCUT2D eigenvalue weighted by atomic mass is 35.5. The number of pyridine rings is 1. The third-order valence-corrected chi connectivity index (χ3v) is 2.90. The molecule has 0 fully saturated rings. The van der Waals surface area contributed by atoms with Crippen molar-refractivity contribution in [3.8, 4) is 5.75 Å². The smallest absolute Gasteiger partial charge is 0.149 e. The highest BCUT2D eigenvalue weighted by Gasteiger charge is 2.12. The fourth-order valence-electron chi connectivity index (χ4n) is 1.84. The Bertz CT molecular complexity index is 557. The molecule has 0 unspecified atom stereocenters. The fourth-order valence-corrected chi connectivity index (χ4v) is 2.14. The maximum absolute atomic E-state index is 13.7. The molecule has 0 N–H and O–H groups in total. The maximum atomic E-state index is 13.7. The lowest BCUT2D eigenvalue weighted by molar-refractivity contribution is 0.419. The second kappa shape index (κ2) is 4.88. The number of methoxy groups -OCH3 is 1. The van der Waals surface area contributed by atoms with E-state index in [0.717, 1.165) is 18.5 Å². The van der Waals surface area contributed by atoms with E-state index in [0.29, 0.717) is 16.2 Å². The predicted octanol–water partition coefficient (Wildman–Crippen LogP) is 3.99. The third-order valence-electron chi connectivity index (χ3n) is 2.60. The summed E-state index contributed by atoms with van der Waals surface area (Å²) in [6.07, 6.45) is 1.73. The first-order valence-electron chi connectivity index (χ1n) is 5.49. The van der Waals surface area contributed by atoms with Gasteiger partial charge in [-0.25, -0.2) is 9.37 Å². The number of ether oxygens (including phenoxy) is 1. The zero-order chi connectivity index (χ0) is 12.4. The van der Waals surface area contributed by atoms with Crippen molar-refractivity contribution in [2.45, 2.75) is 19.8 Å². The Morgan fingerprint density at radius 2 is 2.18 bits per heavy atom. The van der Waals surface area contributed by atoms with Gasteiger partial charge < -0.3 is 4.74 Å². The molecular weight excluding hydrogens is 241 g/mol. The highest BCUT2D eigenvalue weighted by Crippen LogP contribution is 2.33. The summed E-state index contributed by atoms with van der Waals surface area (Å²) in [5.74, 6) is 0.169. The Balaban J connectivity index is 2.74. The molecule has 0 aliphatic rings. The highest BCUT2D eigenvalue weighted by molar-refractivity contribution is 6.36. The van der Waals surface area contributed by atoms with Crippen molar-refractivity contribution in [2.24, 2.45) is 0 Å². The van der Waals surface area contributed by atoms with Crippen molar-refractivity contribution in [2.75, 3.05) is 7.11 Å². The van der Waals surface area contributed by atoms with E-state index >= 15 is 0 Å². The summed E-state index contributed by atoms with van der Waals surface area (Å²) in [4.78, 5) is 4.29. The molecule has 1 aromatic carbocycles. The van der Waals surface area contributed by atoms with Crippen molar-refractivity contribution >= 4 is 22.5 Å². The number of aromatic nitrogens is 1. The molecule has 17 heavy (non-hydrogen) atoms. The van der Waals surface area contributed by atoms with Crippen LogP contribution in [0.5, 0.6) is 5.75 Å². The Morgan fingerprint density at radius 1 is 1.41 bits per heavy atom. The van der Waals surface area contributed by atoms with Crippen molar-refractivity contribution in [1.82, 2.24) is 4.98 Å². The standard InChI is InChI=1S/C13H13ClFNO/c1-3-4-8-7-9(14)12-11(17-2)6-5-10(15)13(12)16-8/h5-7H,3-4H2,1-2H3. The molecule has 0 bridgehead atoms. The first-order chi connectivity index (χ1) is 8.17. The number of halogens is 2. The molecule has 4 heteroatoms. The van der Waals surface area contributed by atoms with Crippen LogP contribution in [-0.4, -0.2) is 12.1 Å². The predicted molar refractivity (Wildman–Crippen MR) is 67.3 cm³/mol. The molecule has 0 aliphatic heterocycles. The first kappa shape index (κ1) is 12.1. The number of fused-ring (bicyclic) bond motifs is 1. The molecule has 0 saturated heterocycles. The summed E-state index contributed by atoms with van der Waals surface area (Å²) >= 11 is 6.17. The van der Waals surface area contributed by atoms with Gasteiger partial charge in [-0.15, -0.1) is 0 Å². The van der Waals surface area contributed by atoms with Gasteiger partial charge in [-0.3, -0.25) is 0 Å². The topological polar surface area (TPSA) is 22.1 Å². The molecule has 0 aliphatic carbocycles. The fraction of sp³-hybridized carbons (Fsp3) is 0.308. The van der Waals surface area contributed by atoms with Gasteiger partial charge in [0.15, 0.2) is 0 Å². The molecule has 0 amide bonds. The molecule has 0 radical (unpaired) electrons. The zero-order valence-electron chi connectivity index (χ0n) is 9.76. The van der Waals surface area contributed by atoms with Crippen molar-refractivity contribution in [1.29, 1.82) is 0 Å². The van der Waals surface area contributed by atoms with Crippen LogP contribution < -0.4 is 4.74 Å². The van der Waals surface area contributed by atoms with Crippen LogP contribution in [0.3, 0.4) is 0 Å². The van der Waals surface area contributed by atoms with Gasteiger partial charge in [-0.05, 0) is 24.6 Å². The van der Waals surface area contributed by atoms with E-state index < -0.39 is 0 Å². The van der Waals surface area contributed by atoms with E-state index in [2.05, 4.69) is 4.98 Å². The Labute approximate surface area is 104 Å². The molecular formula is C13H13ClFNO. The van der Waals surface area contributed by atoms with Crippen LogP contribution in [0.15, 0.2) is 18.2 Å². The Hall–Kier alpha value is -1.35. The lowest BCUT2D eigenvalue weighted by Gasteiger charge is -2.09. The average Bonchev–Trinajstić information content (AvgIpc) is 2.31. The van der Waals surface area contributed by atoms with Crippen LogP contribution >= 0.6 is 11.6 Å². The summed E-state index contributed by atoms with van der Waals surface area (Å²) in [6.45, 7) is 2.04. The number of rotatable bonds is 3. The summed E-state index contributed by atoms with van der Waals surface area (Å²) in [5, 5.41) is 1.02. The van der Waals surface area contributed by atoms with E-state index in [4.69, 9.17) is 16.3 Å². The lowest BCUT2D eigenvalue weighted by atomic mass is 10.1. The molecule has 2 nitrogen and oxygen atoms in total. The molecule has 1 heterocycles. The van der Waals surface area contributed by atoms with Gasteiger partial charge >= 0.3 is 0 Å². The third kappa shape index (κ3) is 2.20. The molecule has 2 aromatic rings. The molecule has 0 spiro atoms. The van der Waals surface area contributed by atoms with Crippen LogP contribution in [0, 0.1) is 5.82 Å². The second-order valence-electron chi connectivity index (χ2n) is 3.82. The second-order valence-corrected chi connectivity index (χ2v) is 4.23. The first-order valence-corrected chi connectivity index (χ1v) is 5.86. The zero-order valence-corrected chi connectivity index (χ0v) is 10.5. The van der Waals surface area contributed by atoms with Crippen molar-refractivity contribution in [3.05, 3.63) is 34.7 Å². The minimum Gasteiger partial charge on any atom is -0.496 e. The summed E-state index contributed by atoms with van der Waals surface area (Å²) in [7, 11) is 1.53. The van der Waals surface area contributed by atoms with E-state index in [-0.39, 0.29) is 11.3 Å². The molecule has 0 saturated carbocycles. The minimum absolute atomic E-state index is 0.278. The summed E-state index contributed by atoms with van der Waals surface area (Å²) in [6, 6.07) is 4.68. The normalized spacial score (nSPS) is 10.8. The van der Waals surface area contributed by atoms with Gasteiger partial charge in [0.2, 0.25) is 0 Å². The number of hydrogen-bond donors (Lipinski definition) is 0. The quantitative estimate of drug-likeness (QED) is 0.825. The molecule has 0 atom stereocenters. The Morgan fingerprint density at radius 3 is 2.82 bits per heavy atom. The van der Waals surface area contributed by atoms with Gasteiger partial charge in [0.1, 0.15) is 17.1 Å². The van der Waals surface area contributed by atoms with Crippen molar-refractivity contribution in [3.63, 3.8) is 0 Å². The summed E-state index contributed by atoms with van der Waals surface area (Å²) in [5.41, 5.74) is 1.08.